The lowest BCUT2D eigenvalue weighted by molar-refractivity contribution is -0.00833. The Morgan fingerprint density at radius 2 is 1.79 bits per heavy atom. The Morgan fingerprint density at radius 1 is 1.12 bits per heavy atom. The van der Waals surface area contributed by atoms with Gasteiger partial charge >= 0.3 is 0 Å². The summed E-state index contributed by atoms with van der Waals surface area (Å²) < 4.78 is 66.5. The van der Waals surface area contributed by atoms with Gasteiger partial charge in [0.25, 0.3) is 5.91 Å². The molecule has 4 atom stereocenters. The highest BCUT2D eigenvalue weighted by molar-refractivity contribution is 7.92. The average Bonchev–Trinajstić information content (AvgIpc) is 2.93. The topological polar surface area (TPSA) is 143 Å². The van der Waals surface area contributed by atoms with Crippen LogP contribution in [0.15, 0.2) is 47.4 Å². The molecule has 1 aliphatic heterocycles. The summed E-state index contributed by atoms with van der Waals surface area (Å²) in [6.07, 6.45) is 2.34. The van der Waals surface area contributed by atoms with Crippen molar-refractivity contribution in [1.29, 1.82) is 0 Å². The number of nitrogens with one attached hydrogen (secondary N) is 1. The second-order valence-electron chi connectivity index (χ2n) is 11.1. The first-order valence-corrected chi connectivity index (χ1v) is 17.9. The van der Waals surface area contributed by atoms with Crippen LogP contribution in [0.3, 0.4) is 0 Å². The van der Waals surface area contributed by atoms with E-state index in [1.807, 2.05) is 13.8 Å². The van der Waals surface area contributed by atoms with Crippen molar-refractivity contribution in [3.63, 3.8) is 0 Å². The molecule has 3 rings (SSSR count). The Morgan fingerprint density at radius 3 is 2.42 bits per heavy atom. The predicted molar refractivity (Wildman–Crippen MR) is 167 cm³/mol. The first-order valence-electron chi connectivity index (χ1n) is 14.2. The maximum atomic E-state index is 14.1. The number of hydrogen-bond donors (Lipinski definition) is 2. The van der Waals surface area contributed by atoms with Crippen molar-refractivity contribution in [2.75, 3.05) is 44.3 Å². The minimum absolute atomic E-state index is 0.0280. The summed E-state index contributed by atoms with van der Waals surface area (Å²) in [5, 5.41) is 10.5. The predicted octanol–water partition coefficient (Wildman–Crippen LogP) is 3.83. The smallest absolute Gasteiger partial charge is 0.258 e. The van der Waals surface area contributed by atoms with Crippen LogP contribution in [0.2, 0.25) is 5.02 Å². The van der Waals surface area contributed by atoms with Gasteiger partial charge in [-0.25, -0.2) is 16.8 Å². The van der Waals surface area contributed by atoms with Crippen molar-refractivity contribution < 1.29 is 36.2 Å². The number of sulfonamides is 2. The molecular formula is C29H42ClN3O8S2. The van der Waals surface area contributed by atoms with Crippen LogP contribution in [0.5, 0.6) is 5.75 Å². The number of carbonyl (C=O) groups is 1. The third-order valence-electron chi connectivity index (χ3n) is 7.31. The molecule has 2 N–H and O–H groups in total. The van der Waals surface area contributed by atoms with Crippen LogP contribution in [0.25, 0.3) is 0 Å². The van der Waals surface area contributed by atoms with Crippen LogP contribution >= 0.6 is 11.6 Å². The minimum atomic E-state index is -3.85. The van der Waals surface area contributed by atoms with Gasteiger partial charge in [-0.3, -0.25) is 9.52 Å². The van der Waals surface area contributed by atoms with Crippen molar-refractivity contribution in [3.8, 4) is 5.75 Å². The lowest BCUT2D eigenvalue weighted by atomic mass is 10.0. The lowest BCUT2D eigenvalue weighted by Crippen LogP contribution is -2.48. The molecule has 14 heteroatoms. The zero-order valence-corrected chi connectivity index (χ0v) is 27.6. The highest BCUT2D eigenvalue weighted by Gasteiger charge is 2.32. The summed E-state index contributed by atoms with van der Waals surface area (Å²) >= 11 is 5.95. The number of nitrogens with zero attached hydrogens (tertiary/aromatic N) is 2. The molecule has 0 saturated carbocycles. The molecule has 0 fully saturated rings. The quantitative estimate of drug-likeness (QED) is 0.436. The van der Waals surface area contributed by atoms with Crippen molar-refractivity contribution in [2.45, 2.75) is 63.2 Å². The number of halogens is 1. The molecule has 0 saturated heterocycles. The van der Waals surface area contributed by atoms with E-state index >= 15 is 0 Å². The van der Waals surface area contributed by atoms with E-state index in [9.17, 15) is 26.7 Å². The van der Waals surface area contributed by atoms with Crippen LogP contribution in [0.1, 0.15) is 50.4 Å². The number of aliphatic hydroxyl groups is 1. The van der Waals surface area contributed by atoms with Crippen LogP contribution < -0.4 is 9.46 Å². The zero-order valence-electron chi connectivity index (χ0n) is 25.2. The van der Waals surface area contributed by atoms with E-state index in [1.165, 1.54) is 52.7 Å². The van der Waals surface area contributed by atoms with Gasteiger partial charge < -0.3 is 19.5 Å². The van der Waals surface area contributed by atoms with Gasteiger partial charge in [-0.2, -0.15) is 4.31 Å². The van der Waals surface area contributed by atoms with Gasteiger partial charge in [0, 0.05) is 43.4 Å². The Balaban J connectivity index is 1.98. The van der Waals surface area contributed by atoms with Crippen molar-refractivity contribution in [2.24, 2.45) is 5.92 Å². The van der Waals surface area contributed by atoms with Gasteiger partial charge in [-0.15, -0.1) is 0 Å². The number of anilines is 1. The number of likely N-dealkylation sites (N-methyl/N-ethyl adjacent to an activating group) is 1. The summed E-state index contributed by atoms with van der Waals surface area (Å²) in [6.45, 7) is 5.66. The largest absolute Gasteiger partial charge is 0.490 e. The Hall–Kier alpha value is -2.42. The number of rotatable bonds is 8. The molecule has 43 heavy (non-hydrogen) atoms. The van der Waals surface area contributed by atoms with Crippen LogP contribution in [-0.4, -0.2) is 94.9 Å². The standard InChI is InChI=1S/C29H42ClN3O8S2/c1-20-17-33(21(2)19-34)29(35)26-16-24(31-42(5,36)37)11-14-27(26)41-22(3)8-6-7-15-40-28(20)18-32(4)43(38,39)25-12-9-23(30)10-13-25/h9-14,16,20-22,28,31,34H,6-8,15,17-19H2,1-5H3/t20-,21-,22+,28-/m1/s1. The minimum Gasteiger partial charge on any atom is -0.490 e. The van der Waals surface area contributed by atoms with E-state index in [4.69, 9.17) is 21.1 Å². The van der Waals surface area contributed by atoms with Crippen LogP contribution in [-0.2, 0) is 24.8 Å². The van der Waals surface area contributed by atoms with E-state index in [-0.39, 0.29) is 47.9 Å². The number of aliphatic hydroxyl groups excluding tert-OH is 1. The fourth-order valence-corrected chi connectivity index (χ4v) is 6.66. The third-order valence-corrected chi connectivity index (χ3v) is 10.0. The zero-order chi connectivity index (χ0) is 31.9. The number of amides is 1. The van der Waals surface area contributed by atoms with Gasteiger partial charge in [-0.1, -0.05) is 18.5 Å². The van der Waals surface area contributed by atoms with Crippen molar-refractivity contribution in [3.05, 3.63) is 53.1 Å². The molecule has 2 aromatic rings. The van der Waals surface area contributed by atoms with E-state index in [2.05, 4.69) is 4.72 Å². The number of hydrogen-bond acceptors (Lipinski definition) is 8. The number of carbonyl (C=O) groups excluding carboxylic acids is 1. The molecule has 240 valence electrons. The van der Waals surface area contributed by atoms with Crippen LogP contribution in [0, 0.1) is 5.92 Å². The van der Waals surface area contributed by atoms with Gasteiger partial charge in [0.1, 0.15) is 5.75 Å². The molecular weight excluding hydrogens is 618 g/mol. The van der Waals surface area contributed by atoms with Crippen molar-refractivity contribution >= 4 is 43.2 Å². The number of ether oxygens (including phenoxy) is 2. The average molecular weight is 660 g/mol. The molecule has 2 aromatic carbocycles. The molecule has 1 heterocycles. The fourth-order valence-electron chi connectivity index (χ4n) is 4.80. The highest BCUT2D eigenvalue weighted by Crippen LogP contribution is 2.29. The van der Waals surface area contributed by atoms with Crippen molar-refractivity contribution in [1.82, 2.24) is 9.21 Å². The fraction of sp³-hybridized carbons (Fsp3) is 0.552. The maximum absolute atomic E-state index is 14.1. The van der Waals surface area contributed by atoms with E-state index in [0.29, 0.717) is 30.2 Å². The summed E-state index contributed by atoms with van der Waals surface area (Å²) in [4.78, 5) is 15.7. The summed E-state index contributed by atoms with van der Waals surface area (Å²) in [5.74, 6) is -0.520. The second-order valence-corrected chi connectivity index (χ2v) is 15.4. The first-order chi connectivity index (χ1) is 20.1. The molecule has 1 amide bonds. The van der Waals surface area contributed by atoms with E-state index < -0.39 is 38.1 Å². The third kappa shape index (κ3) is 9.79. The van der Waals surface area contributed by atoms with Gasteiger partial charge in [0.05, 0.1) is 41.6 Å². The molecule has 0 bridgehead atoms. The van der Waals surface area contributed by atoms with Gasteiger partial charge in [-0.05, 0) is 75.6 Å². The summed E-state index contributed by atoms with van der Waals surface area (Å²) in [5.41, 5.74) is 0.344. The molecule has 1 aliphatic rings. The molecule has 0 radical (unpaired) electrons. The Kier molecular flexibility index (Phi) is 12.3. The first kappa shape index (κ1) is 35.1. The highest BCUT2D eigenvalue weighted by atomic mass is 35.5. The maximum Gasteiger partial charge on any atom is 0.258 e. The Bertz CT molecular complexity index is 1450. The molecule has 0 spiro atoms. The second kappa shape index (κ2) is 15.0. The van der Waals surface area contributed by atoms with E-state index in [0.717, 1.165) is 12.7 Å². The Labute approximate surface area is 260 Å². The molecule has 11 nitrogen and oxygen atoms in total. The normalized spacial score (nSPS) is 21.9. The van der Waals surface area contributed by atoms with Crippen LogP contribution in [0.4, 0.5) is 5.69 Å². The monoisotopic (exact) mass is 659 g/mol. The summed E-state index contributed by atoms with van der Waals surface area (Å²) in [6, 6.07) is 9.84. The van der Waals surface area contributed by atoms with E-state index in [1.54, 1.807) is 13.0 Å². The molecule has 0 unspecified atom stereocenters. The summed E-state index contributed by atoms with van der Waals surface area (Å²) in [7, 11) is -5.98. The number of fused-ring (bicyclic) bond motifs is 1. The molecule has 0 aromatic heterocycles. The van der Waals surface area contributed by atoms with Gasteiger partial charge in [0.15, 0.2) is 0 Å². The van der Waals surface area contributed by atoms with Gasteiger partial charge in [0.2, 0.25) is 20.0 Å². The lowest BCUT2D eigenvalue weighted by Gasteiger charge is -2.35. The SMILES string of the molecule is C[C@@H]1CN([C@H](C)CO)C(=O)c2cc(NS(C)(=O)=O)ccc2O[C@@H](C)CCCCO[C@@H]1CN(C)S(=O)(=O)c1ccc(Cl)cc1. The number of benzene rings is 2. The molecule has 0 aliphatic carbocycles.